The van der Waals surface area contributed by atoms with Crippen molar-refractivity contribution in [1.82, 2.24) is 9.55 Å². The molecule has 1 fully saturated rings. The Morgan fingerprint density at radius 2 is 2.36 bits per heavy atom. The van der Waals surface area contributed by atoms with Gasteiger partial charge in [-0.2, -0.15) is 4.98 Å². The molecule has 0 aliphatic carbocycles. The first-order valence-corrected chi connectivity index (χ1v) is 6.42. The number of ether oxygens (including phenoxy) is 1. The Labute approximate surface area is 124 Å². The van der Waals surface area contributed by atoms with Crippen LogP contribution in [0.3, 0.4) is 0 Å². The van der Waals surface area contributed by atoms with Crippen molar-refractivity contribution < 1.29 is 20.1 Å². The highest BCUT2D eigenvalue weighted by molar-refractivity contribution is 5.23. The molecule has 11 heteroatoms. The van der Waals surface area contributed by atoms with Crippen molar-refractivity contribution in [3.05, 3.63) is 33.2 Å². The molecule has 1 aromatic heterocycles. The second-order valence-corrected chi connectivity index (χ2v) is 5.02. The zero-order chi connectivity index (χ0) is 16.5. The van der Waals surface area contributed by atoms with Gasteiger partial charge in [-0.1, -0.05) is 12.0 Å². The summed E-state index contributed by atoms with van der Waals surface area (Å²) in [7, 11) is 0. The number of hydrogen-bond donors (Lipinski definition) is 4. The minimum Gasteiger partial charge on any atom is -0.394 e. The Kier molecular flexibility index (Phi) is 4.35. The molecule has 2 rings (SSSR count). The van der Waals surface area contributed by atoms with Crippen molar-refractivity contribution in [3.63, 3.8) is 0 Å². The Bertz CT molecular complexity index is 655. The average Bonchev–Trinajstić information content (AvgIpc) is 2.47. The monoisotopic (exact) mass is 312 g/mol. The fourth-order valence-electron chi connectivity index (χ4n) is 2.44. The van der Waals surface area contributed by atoms with Gasteiger partial charge in [-0.15, -0.1) is 0 Å². The number of nitrogen functional groups attached to an aromatic ring is 1. The van der Waals surface area contributed by atoms with Crippen LogP contribution in [0.5, 0.6) is 0 Å². The van der Waals surface area contributed by atoms with Gasteiger partial charge in [0.2, 0.25) is 0 Å². The predicted octanol–water partition coefficient (Wildman–Crippen LogP) is -1.29. The molecule has 4 unspecified atom stereocenters. The van der Waals surface area contributed by atoms with Gasteiger partial charge in [0.15, 0.2) is 5.72 Å². The van der Waals surface area contributed by atoms with E-state index in [1.54, 1.807) is 0 Å². The lowest BCUT2D eigenvalue weighted by Gasteiger charge is -2.46. The van der Waals surface area contributed by atoms with Gasteiger partial charge < -0.3 is 25.8 Å². The van der Waals surface area contributed by atoms with E-state index in [4.69, 9.17) is 16.0 Å². The molecular weight excluding hydrogens is 296 g/mol. The average molecular weight is 312 g/mol. The summed E-state index contributed by atoms with van der Waals surface area (Å²) in [6, 6.07) is 1.37. The molecule has 1 aromatic rings. The van der Waals surface area contributed by atoms with Crippen LogP contribution in [0, 0.1) is 5.92 Å². The van der Waals surface area contributed by atoms with Crippen molar-refractivity contribution in [3.8, 4) is 0 Å². The first-order chi connectivity index (χ1) is 10.3. The van der Waals surface area contributed by atoms with Crippen molar-refractivity contribution in [1.29, 1.82) is 0 Å². The van der Waals surface area contributed by atoms with Crippen LogP contribution in [0.2, 0.25) is 0 Å². The zero-order valence-corrected chi connectivity index (χ0v) is 11.6. The van der Waals surface area contributed by atoms with Crippen LogP contribution < -0.4 is 11.4 Å². The Hall–Kier alpha value is -2.17. The molecule has 5 atom stereocenters. The summed E-state index contributed by atoms with van der Waals surface area (Å²) < 4.78 is 6.52. The molecule has 0 spiro atoms. The fraction of sp³-hybridized carbons (Fsp3) is 0.636. The first kappa shape index (κ1) is 16.2. The third-order valence-electron chi connectivity index (χ3n) is 3.66. The SMILES string of the molecule is CC1C(n2ccc(N)nc2=O)OC(CO)[C@](O)(N=[N+]=[N-])C1O. The van der Waals surface area contributed by atoms with Crippen LogP contribution in [0.4, 0.5) is 5.82 Å². The molecule has 1 aliphatic heterocycles. The summed E-state index contributed by atoms with van der Waals surface area (Å²) in [5.74, 6) is -0.809. The molecule has 11 nitrogen and oxygen atoms in total. The van der Waals surface area contributed by atoms with E-state index in [0.717, 1.165) is 4.57 Å². The molecule has 0 saturated carbocycles. The number of hydrogen-bond acceptors (Lipinski definition) is 8. The van der Waals surface area contributed by atoms with Crippen LogP contribution in [-0.2, 0) is 4.74 Å². The van der Waals surface area contributed by atoms with Crippen molar-refractivity contribution in [2.24, 2.45) is 11.0 Å². The molecule has 0 radical (unpaired) electrons. The molecule has 120 valence electrons. The molecule has 1 aliphatic rings. The van der Waals surface area contributed by atoms with Gasteiger partial charge in [-0.3, -0.25) is 4.57 Å². The Balaban J connectivity index is 2.45. The maximum Gasteiger partial charge on any atom is 0.351 e. The lowest BCUT2D eigenvalue weighted by atomic mass is 9.86. The van der Waals surface area contributed by atoms with E-state index in [-0.39, 0.29) is 5.82 Å². The standard InChI is InChI=1S/C11H16N6O5/c1-5-8(19)11(21,15-16-13)6(4-18)22-9(5)17-3-2-7(12)14-10(17)20/h2-3,5-6,8-9,18-19,21H,4H2,1H3,(H2,12,14,20)/t5?,6?,8?,9?,11-/m1/s1. The van der Waals surface area contributed by atoms with Gasteiger partial charge in [-0.05, 0) is 11.6 Å². The van der Waals surface area contributed by atoms with E-state index in [2.05, 4.69) is 15.0 Å². The number of aliphatic hydroxyl groups excluding tert-OH is 2. The van der Waals surface area contributed by atoms with Gasteiger partial charge in [0.25, 0.3) is 0 Å². The molecule has 5 N–H and O–H groups in total. The molecule has 2 heterocycles. The van der Waals surface area contributed by atoms with E-state index in [9.17, 15) is 20.1 Å². The third-order valence-corrected chi connectivity index (χ3v) is 3.66. The van der Waals surface area contributed by atoms with Gasteiger partial charge in [0, 0.05) is 17.0 Å². The summed E-state index contributed by atoms with van der Waals surface area (Å²) in [6.45, 7) is 0.760. The van der Waals surface area contributed by atoms with Crippen LogP contribution >= 0.6 is 0 Å². The number of aromatic nitrogens is 2. The number of nitrogens with zero attached hydrogens (tertiary/aromatic N) is 5. The maximum atomic E-state index is 11.9. The number of aliphatic hydroxyl groups is 3. The van der Waals surface area contributed by atoms with Crippen LogP contribution in [0.25, 0.3) is 10.4 Å². The lowest BCUT2D eigenvalue weighted by molar-refractivity contribution is -0.274. The van der Waals surface area contributed by atoms with Gasteiger partial charge in [0.1, 0.15) is 18.1 Å². The summed E-state index contributed by atoms with van der Waals surface area (Å²) in [5.41, 5.74) is 10.9. The minimum atomic E-state index is -2.34. The minimum absolute atomic E-state index is 0.0227. The number of anilines is 1. The van der Waals surface area contributed by atoms with Crippen LogP contribution in [0.1, 0.15) is 13.2 Å². The summed E-state index contributed by atoms with van der Waals surface area (Å²) >= 11 is 0. The molecule has 0 aromatic carbocycles. The van der Waals surface area contributed by atoms with Gasteiger partial charge in [-0.25, -0.2) is 4.79 Å². The molecule has 0 amide bonds. The van der Waals surface area contributed by atoms with Crippen molar-refractivity contribution in [2.45, 2.75) is 31.1 Å². The van der Waals surface area contributed by atoms with Gasteiger partial charge >= 0.3 is 5.69 Å². The number of rotatable bonds is 3. The lowest BCUT2D eigenvalue weighted by Crippen LogP contribution is -2.62. The first-order valence-electron chi connectivity index (χ1n) is 6.42. The highest BCUT2D eigenvalue weighted by atomic mass is 16.5. The second kappa shape index (κ2) is 5.91. The van der Waals surface area contributed by atoms with E-state index >= 15 is 0 Å². The van der Waals surface area contributed by atoms with E-state index in [1.807, 2.05) is 0 Å². The number of azide groups is 1. The summed E-state index contributed by atoms with van der Waals surface area (Å²) in [4.78, 5) is 17.9. The van der Waals surface area contributed by atoms with Crippen LogP contribution in [-0.4, -0.2) is 49.4 Å². The third kappa shape index (κ3) is 2.51. The largest absolute Gasteiger partial charge is 0.394 e. The van der Waals surface area contributed by atoms with E-state index in [1.165, 1.54) is 19.2 Å². The van der Waals surface area contributed by atoms with E-state index < -0.39 is 42.4 Å². The highest BCUT2D eigenvalue weighted by Gasteiger charge is 2.53. The molecule has 1 saturated heterocycles. The maximum absolute atomic E-state index is 11.9. The zero-order valence-electron chi connectivity index (χ0n) is 11.6. The quantitative estimate of drug-likeness (QED) is 0.304. The molecular formula is C11H16N6O5. The Morgan fingerprint density at radius 1 is 1.68 bits per heavy atom. The second-order valence-electron chi connectivity index (χ2n) is 5.02. The molecule has 22 heavy (non-hydrogen) atoms. The van der Waals surface area contributed by atoms with Crippen LogP contribution in [0.15, 0.2) is 22.2 Å². The fourth-order valence-corrected chi connectivity index (χ4v) is 2.44. The molecule has 0 bridgehead atoms. The van der Waals surface area contributed by atoms with Crippen molar-refractivity contribution >= 4 is 5.82 Å². The van der Waals surface area contributed by atoms with Gasteiger partial charge in [0.05, 0.1) is 12.7 Å². The normalized spacial score (nSPS) is 34.9. The Morgan fingerprint density at radius 3 is 2.91 bits per heavy atom. The summed E-state index contributed by atoms with van der Waals surface area (Å²) in [5, 5.41) is 33.0. The smallest absolute Gasteiger partial charge is 0.351 e. The topological polar surface area (TPSA) is 180 Å². The summed E-state index contributed by atoms with van der Waals surface area (Å²) in [6.07, 6.45) is -2.68. The van der Waals surface area contributed by atoms with E-state index in [0.29, 0.717) is 0 Å². The highest BCUT2D eigenvalue weighted by Crippen LogP contribution is 2.39. The predicted molar refractivity (Wildman–Crippen MR) is 73.2 cm³/mol. The number of nitrogens with two attached hydrogens (primary N) is 1. The van der Waals surface area contributed by atoms with Crippen molar-refractivity contribution in [2.75, 3.05) is 12.3 Å².